The van der Waals surface area contributed by atoms with E-state index in [9.17, 15) is 10.5 Å². The van der Waals surface area contributed by atoms with E-state index in [-0.39, 0.29) is 5.41 Å². The number of furan rings is 1. The van der Waals surface area contributed by atoms with E-state index in [1.807, 2.05) is 36.4 Å². The third kappa shape index (κ3) is 3.59. The van der Waals surface area contributed by atoms with Crippen LogP contribution in [0.5, 0.6) is 0 Å². The molecule has 0 fully saturated rings. The average Bonchev–Trinajstić information content (AvgIpc) is 3.87. The maximum Gasteiger partial charge on any atom is 0.137 e. The Hall–Kier alpha value is -7.08. The SMILES string of the molecule is CC1(C)c2ccccc2-c2cc3c4cc5c(cc4n(-c4c(C#N)cc(C#N)cc4-n4c6ccccc6c6ccccc64)c3cc21)oc1ccccc15. The molecule has 0 spiro atoms. The van der Waals surface area contributed by atoms with Crippen molar-refractivity contribution in [2.45, 2.75) is 19.3 Å². The van der Waals surface area contributed by atoms with E-state index in [0.717, 1.165) is 76.9 Å². The van der Waals surface area contributed by atoms with E-state index in [4.69, 9.17) is 4.42 Å². The van der Waals surface area contributed by atoms with Crippen molar-refractivity contribution in [3.8, 4) is 34.6 Å². The molecule has 5 nitrogen and oxygen atoms in total. The van der Waals surface area contributed by atoms with Gasteiger partial charge in [-0.05, 0) is 70.8 Å². The Morgan fingerprint density at radius 2 is 1.15 bits per heavy atom. The van der Waals surface area contributed by atoms with Crippen LogP contribution in [0.1, 0.15) is 36.1 Å². The summed E-state index contributed by atoms with van der Waals surface area (Å²) < 4.78 is 11.0. The standard InChI is InChI=1S/C47H28N4O/c1-47(2)37-15-7-3-11-29(37)33-21-34-35-22-36-32-14-6-10-18-44(32)52-45(36)24-42(35)51(41(34)23-38(33)47)46-28(26-49)19-27(25-48)20-43(46)50-39-16-8-4-12-30(39)31-13-5-9-17-40(31)50/h3-24H,1-2H3. The van der Waals surface area contributed by atoms with Crippen LogP contribution >= 0.6 is 0 Å². The first-order valence-electron chi connectivity index (χ1n) is 17.5. The second-order valence-corrected chi connectivity index (χ2v) is 14.4. The highest BCUT2D eigenvalue weighted by Crippen LogP contribution is 2.52. The number of aromatic nitrogens is 2. The van der Waals surface area contributed by atoms with Gasteiger partial charge in [0.15, 0.2) is 0 Å². The van der Waals surface area contributed by atoms with Gasteiger partial charge in [0, 0.05) is 43.8 Å². The van der Waals surface area contributed by atoms with Gasteiger partial charge in [0.05, 0.1) is 50.6 Å². The summed E-state index contributed by atoms with van der Waals surface area (Å²) in [4.78, 5) is 0. The predicted octanol–water partition coefficient (Wildman–Crippen LogP) is 11.8. The molecule has 0 bridgehead atoms. The second-order valence-electron chi connectivity index (χ2n) is 14.4. The van der Waals surface area contributed by atoms with Gasteiger partial charge in [-0.25, -0.2) is 0 Å². The normalized spacial score (nSPS) is 13.3. The minimum atomic E-state index is -0.233. The zero-order valence-electron chi connectivity index (χ0n) is 28.4. The smallest absolute Gasteiger partial charge is 0.137 e. The fourth-order valence-corrected chi connectivity index (χ4v) is 9.03. The minimum absolute atomic E-state index is 0.233. The van der Waals surface area contributed by atoms with Crippen molar-refractivity contribution < 1.29 is 4.42 Å². The monoisotopic (exact) mass is 664 g/mol. The van der Waals surface area contributed by atoms with Gasteiger partial charge in [-0.1, -0.05) is 92.7 Å². The van der Waals surface area contributed by atoms with Crippen LogP contribution in [0.2, 0.25) is 0 Å². The predicted molar refractivity (Wildman–Crippen MR) is 209 cm³/mol. The lowest BCUT2D eigenvalue weighted by molar-refractivity contribution is 0.661. The van der Waals surface area contributed by atoms with Crippen molar-refractivity contribution in [1.29, 1.82) is 10.5 Å². The van der Waals surface area contributed by atoms with Crippen molar-refractivity contribution in [3.05, 3.63) is 156 Å². The molecule has 11 rings (SSSR count). The van der Waals surface area contributed by atoms with Crippen LogP contribution in [0.4, 0.5) is 0 Å². The minimum Gasteiger partial charge on any atom is -0.456 e. The molecule has 10 aromatic rings. The van der Waals surface area contributed by atoms with Gasteiger partial charge in [0.1, 0.15) is 17.2 Å². The lowest BCUT2D eigenvalue weighted by Gasteiger charge is -2.22. The maximum absolute atomic E-state index is 11.0. The molecule has 0 saturated carbocycles. The van der Waals surface area contributed by atoms with E-state index in [1.165, 1.54) is 22.3 Å². The Morgan fingerprint density at radius 3 is 1.90 bits per heavy atom. The van der Waals surface area contributed by atoms with Gasteiger partial charge in [0.25, 0.3) is 0 Å². The Labute approximate surface area is 298 Å². The molecule has 242 valence electrons. The van der Waals surface area contributed by atoms with Crippen LogP contribution in [0, 0.1) is 22.7 Å². The first-order chi connectivity index (χ1) is 25.5. The Bertz CT molecular complexity index is 3250. The number of fused-ring (bicyclic) bond motifs is 12. The summed E-state index contributed by atoms with van der Waals surface area (Å²) in [6.07, 6.45) is 0. The zero-order chi connectivity index (χ0) is 34.9. The third-order valence-electron chi connectivity index (χ3n) is 11.4. The van der Waals surface area contributed by atoms with Crippen LogP contribution in [0.15, 0.2) is 138 Å². The number of nitriles is 2. The molecular formula is C47H28N4O. The van der Waals surface area contributed by atoms with Gasteiger partial charge in [-0.15, -0.1) is 0 Å². The molecule has 0 N–H and O–H groups in total. The molecule has 0 unspecified atom stereocenters. The van der Waals surface area contributed by atoms with Crippen molar-refractivity contribution in [3.63, 3.8) is 0 Å². The number of nitrogens with zero attached hydrogens (tertiary/aromatic N) is 4. The largest absolute Gasteiger partial charge is 0.456 e. The van der Waals surface area contributed by atoms with Crippen LogP contribution in [0.25, 0.3) is 88.1 Å². The molecule has 0 aliphatic heterocycles. The average molecular weight is 665 g/mol. The van der Waals surface area contributed by atoms with Gasteiger partial charge >= 0.3 is 0 Å². The second kappa shape index (κ2) is 10.0. The molecule has 0 amide bonds. The fraction of sp³-hybridized carbons (Fsp3) is 0.0638. The van der Waals surface area contributed by atoms with Crippen molar-refractivity contribution in [2.75, 3.05) is 0 Å². The molecule has 7 aromatic carbocycles. The summed E-state index contributed by atoms with van der Waals surface area (Å²) in [5.74, 6) is 0. The summed E-state index contributed by atoms with van der Waals surface area (Å²) in [7, 11) is 0. The quantitative estimate of drug-likeness (QED) is 0.185. The molecule has 0 saturated heterocycles. The van der Waals surface area contributed by atoms with Gasteiger partial charge < -0.3 is 13.6 Å². The lowest BCUT2D eigenvalue weighted by Crippen LogP contribution is -2.15. The van der Waals surface area contributed by atoms with E-state index >= 15 is 0 Å². The molecule has 0 atom stereocenters. The number of rotatable bonds is 2. The fourth-order valence-electron chi connectivity index (χ4n) is 9.03. The van der Waals surface area contributed by atoms with Crippen molar-refractivity contribution in [2.24, 2.45) is 0 Å². The van der Waals surface area contributed by atoms with Gasteiger partial charge in [-0.3, -0.25) is 0 Å². The highest BCUT2D eigenvalue weighted by Gasteiger charge is 2.36. The molecule has 5 heteroatoms. The summed E-state index contributed by atoms with van der Waals surface area (Å²) in [5.41, 5.74) is 12.7. The van der Waals surface area contributed by atoms with Crippen LogP contribution in [-0.2, 0) is 5.41 Å². The molecule has 1 aliphatic carbocycles. The number of benzene rings is 7. The van der Waals surface area contributed by atoms with Gasteiger partial charge in [-0.2, -0.15) is 10.5 Å². The van der Waals surface area contributed by atoms with E-state index < -0.39 is 0 Å². The Morgan fingerprint density at radius 1 is 0.500 bits per heavy atom. The third-order valence-corrected chi connectivity index (χ3v) is 11.4. The molecule has 3 aromatic heterocycles. The van der Waals surface area contributed by atoms with Crippen LogP contribution in [-0.4, -0.2) is 9.13 Å². The Kier molecular flexibility index (Phi) is 5.53. The van der Waals surface area contributed by atoms with Crippen LogP contribution < -0.4 is 0 Å². The molecular weight excluding hydrogens is 637 g/mol. The molecule has 52 heavy (non-hydrogen) atoms. The summed E-state index contributed by atoms with van der Waals surface area (Å²) >= 11 is 0. The van der Waals surface area contributed by atoms with E-state index in [2.05, 4.69) is 126 Å². The van der Waals surface area contributed by atoms with Crippen molar-refractivity contribution in [1.82, 2.24) is 9.13 Å². The molecule has 3 heterocycles. The van der Waals surface area contributed by atoms with Crippen molar-refractivity contribution >= 4 is 65.6 Å². The Balaban J connectivity index is 1.36. The highest BCUT2D eigenvalue weighted by molar-refractivity contribution is 6.19. The number of hydrogen-bond donors (Lipinski definition) is 0. The van der Waals surface area contributed by atoms with E-state index in [1.54, 1.807) is 6.07 Å². The molecule has 1 aliphatic rings. The zero-order valence-corrected chi connectivity index (χ0v) is 28.4. The lowest BCUT2D eigenvalue weighted by atomic mass is 9.82. The first-order valence-corrected chi connectivity index (χ1v) is 17.5. The number of hydrogen-bond acceptors (Lipinski definition) is 3. The summed E-state index contributed by atoms with van der Waals surface area (Å²) in [6, 6.07) is 51.1. The summed E-state index contributed by atoms with van der Waals surface area (Å²) in [6.45, 7) is 4.59. The topological polar surface area (TPSA) is 70.6 Å². The number of para-hydroxylation sites is 3. The molecule has 0 radical (unpaired) electrons. The first kappa shape index (κ1) is 28.7. The maximum atomic E-state index is 11.0. The van der Waals surface area contributed by atoms with Gasteiger partial charge in [0.2, 0.25) is 0 Å². The highest BCUT2D eigenvalue weighted by atomic mass is 16.3. The summed E-state index contributed by atoms with van der Waals surface area (Å²) in [5, 5.41) is 27.8. The van der Waals surface area contributed by atoms with Crippen LogP contribution in [0.3, 0.4) is 0 Å². The van der Waals surface area contributed by atoms with E-state index in [0.29, 0.717) is 11.1 Å².